The molecule has 0 radical (unpaired) electrons. The van der Waals surface area contributed by atoms with Crippen LogP contribution in [0.25, 0.3) is 0 Å². The van der Waals surface area contributed by atoms with Crippen LogP contribution in [0.15, 0.2) is 0 Å². The molecule has 0 saturated heterocycles. The standard InChI is InChI=1S/C18H34N2O/c1-13(2)11-18(3,12-19)20-17(21)16-9-8-14-6-4-5-7-15(14)10-16/h13-16H,4-12,19H2,1-3H3,(H,20,21). The molecule has 2 aliphatic carbocycles. The molecule has 0 aliphatic heterocycles. The first-order valence-corrected chi connectivity index (χ1v) is 8.95. The van der Waals surface area contributed by atoms with E-state index in [1.165, 1.54) is 32.1 Å². The fourth-order valence-corrected chi connectivity index (χ4v) is 4.60. The Morgan fingerprint density at radius 2 is 1.86 bits per heavy atom. The van der Waals surface area contributed by atoms with Crippen LogP contribution in [-0.2, 0) is 4.79 Å². The van der Waals surface area contributed by atoms with Crippen molar-refractivity contribution < 1.29 is 4.79 Å². The number of hydrogen-bond donors (Lipinski definition) is 2. The average molecular weight is 294 g/mol. The predicted molar refractivity (Wildman–Crippen MR) is 87.8 cm³/mol. The molecule has 0 bridgehead atoms. The number of amides is 1. The molecule has 21 heavy (non-hydrogen) atoms. The van der Waals surface area contributed by atoms with Crippen molar-refractivity contribution in [1.82, 2.24) is 5.32 Å². The van der Waals surface area contributed by atoms with E-state index in [9.17, 15) is 4.79 Å². The van der Waals surface area contributed by atoms with Gasteiger partial charge in [-0.15, -0.1) is 0 Å². The Bertz CT molecular complexity index is 355. The van der Waals surface area contributed by atoms with Gasteiger partial charge >= 0.3 is 0 Å². The Balaban J connectivity index is 1.90. The molecule has 0 heterocycles. The van der Waals surface area contributed by atoms with E-state index >= 15 is 0 Å². The monoisotopic (exact) mass is 294 g/mol. The lowest BCUT2D eigenvalue weighted by atomic mass is 9.67. The highest BCUT2D eigenvalue weighted by atomic mass is 16.2. The summed E-state index contributed by atoms with van der Waals surface area (Å²) in [7, 11) is 0. The van der Waals surface area contributed by atoms with Gasteiger partial charge in [-0.1, -0.05) is 39.5 Å². The Morgan fingerprint density at radius 1 is 1.19 bits per heavy atom. The van der Waals surface area contributed by atoms with Crippen molar-refractivity contribution in [3.63, 3.8) is 0 Å². The van der Waals surface area contributed by atoms with E-state index < -0.39 is 0 Å². The van der Waals surface area contributed by atoms with Crippen LogP contribution in [0.5, 0.6) is 0 Å². The normalized spacial score (nSPS) is 32.3. The number of nitrogens with one attached hydrogen (secondary N) is 1. The summed E-state index contributed by atoms with van der Waals surface area (Å²) in [6.07, 6.45) is 9.90. The molecule has 0 aromatic carbocycles. The molecule has 2 aliphatic rings. The zero-order chi connectivity index (χ0) is 15.5. The minimum absolute atomic E-state index is 0.224. The third-order valence-corrected chi connectivity index (χ3v) is 5.64. The van der Waals surface area contributed by atoms with Crippen LogP contribution >= 0.6 is 0 Å². The molecule has 3 N–H and O–H groups in total. The van der Waals surface area contributed by atoms with Crippen LogP contribution in [0.2, 0.25) is 0 Å². The molecule has 2 rings (SSSR count). The third kappa shape index (κ3) is 4.45. The lowest BCUT2D eigenvalue weighted by molar-refractivity contribution is -0.129. The third-order valence-electron chi connectivity index (χ3n) is 5.64. The van der Waals surface area contributed by atoms with Gasteiger partial charge in [0, 0.05) is 18.0 Å². The maximum absolute atomic E-state index is 12.7. The van der Waals surface area contributed by atoms with Crippen LogP contribution in [0.1, 0.15) is 72.1 Å². The second-order valence-corrected chi connectivity index (χ2v) is 8.17. The SMILES string of the molecule is CC(C)CC(C)(CN)NC(=O)C1CCC2CCCCC2C1. The molecule has 0 aromatic rings. The lowest BCUT2D eigenvalue weighted by Crippen LogP contribution is -2.54. The number of nitrogens with two attached hydrogens (primary N) is 1. The molecule has 2 fully saturated rings. The van der Waals surface area contributed by atoms with Gasteiger partial charge in [0.1, 0.15) is 0 Å². The van der Waals surface area contributed by atoms with Gasteiger partial charge in [-0.05, 0) is 50.4 Å². The topological polar surface area (TPSA) is 55.1 Å². The van der Waals surface area contributed by atoms with Gasteiger partial charge in [0.15, 0.2) is 0 Å². The minimum Gasteiger partial charge on any atom is -0.349 e. The summed E-state index contributed by atoms with van der Waals surface area (Å²) in [6.45, 7) is 6.99. The molecule has 2 saturated carbocycles. The second kappa shape index (κ2) is 7.13. The van der Waals surface area contributed by atoms with E-state index in [0.717, 1.165) is 31.1 Å². The Kier molecular flexibility index (Phi) is 5.70. The van der Waals surface area contributed by atoms with Gasteiger partial charge in [-0.3, -0.25) is 4.79 Å². The highest BCUT2D eigenvalue weighted by Gasteiger charge is 2.37. The summed E-state index contributed by atoms with van der Waals surface area (Å²) < 4.78 is 0. The number of carbonyl (C=O) groups is 1. The fraction of sp³-hybridized carbons (Fsp3) is 0.944. The van der Waals surface area contributed by atoms with Crippen LogP contribution in [0.4, 0.5) is 0 Å². The zero-order valence-electron chi connectivity index (χ0n) is 14.2. The van der Waals surface area contributed by atoms with Crippen molar-refractivity contribution in [2.45, 2.75) is 77.7 Å². The quantitative estimate of drug-likeness (QED) is 0.815. The van der Waals surface area contributed by atoms with Crippen molar-refractivity contribution >= 4 is 5.91 Å². The molecule has 3 nitrogen and oxygen atoms in total. The molecular weight excluding hydrogens is 260 g/mol. The minimum atomic E-state index is -0.241. The van der Waals surface area contributed by atoms with Crippen molar-refractivity contribution in [2.75, 3.05) is 6.54 Å². The summed E-state index contributed by atoms with van der Waals surface area (Å²) in [5.74, 6) is 2.74. The molecule has 1 amide bonds. The van der Waals surface area contributed by atoms with Gasteiger partial charge in [0.25, 0.3) is 0 Å². The molecule has 4 atom stereocenters. The summed E-state index contributed by atoms with van der Waals surface area (Å²) in [4.78, 5) is 12.7. The first-order chi connectivity index (χ1) is 9.93. The first-order valence-electron chi connectivity index (χ1n) is 8.95. The summed E-state index contributed by atoms with van der Waals surface area (Å²) >= 11 is 0. The molecule has 3 heteroatoms. The van der Waals surface area contributed by atoms with Gasteiger partial charge in [0.05, 0.1) is 0 Å². The highest BCUT2D eigenvalue weighted by molar-refractivity contribution is 5.79. The molecule has 4 unspecified atom stereocenters. The molecule has 0 aromatic heterocycles. The van der Waals surface area contributed by atoms with E-state index in [1.807, 2.05) is 0 Å². The summed E-state index contributed by atoms with van der Waals surface area (Å²) in [5.41, 5.74) is 5.68. The van der Waals surface area contributed by atoms with Crippen LogP contribution in [0.3, 0.4) is 0 Å². The summed E-state index contributed by atoms with van der Waals surface area (Å²) in [5, 5.41) is 3.28. The first kappa shape index (κ1) is 16.8. The maximum atomic E-state index is 12.7. The largest absolute Gasteiger partial charge is 0.349 e. The van der Waals surface area contributed by atoms with E-state index in [4.69, 9.17) is 5.73 Å². The number of carbonyl (C=O) groups excluding carboxylic acids is 1. The van der Waals surface area contributed by atoms with E-state index in [-0.39, 0.29) is 17.4 Å². The smallest absolute Gasteiger partial charge is 0.223 e. The van der Waals surface area contributed by atoms with Crippen molar-refractivity contribution in [3.05, 3.63) is 0 Å². The molecule has 122 valence electrons. The lowest BCUT2D eigenvalue weighted by Gasteiger charge is -2.40. The van der Waals surface area contributed by atoms with Gasteiger partial charge in [0.2, 0.25) is 5.91 Å². The fourth-order valence-electron chi connectivity index (χ4n) is 4.60. The van der Waals surface area contributed by atoms with Crippen LogP contribution in [-0.4, -0.2) is 18.0 Å². The highest BCUT2D eigenvalue weighted by Crippen LogP contribution is 2.42. The zero-order valence-corrected chi connectivity index (χ0v) is 14.2. The van der Waals surface area contributed by atoms with Gasteiger partial charge < -0.3 is 11.1 Å². The molecular formula is C18H34N2O. The van der Waals surface area contributed by atoms with E-state index in [1.54, 1.807) is 0 Å². The van der Waals surface area contributed by atoms with Crippen LogP contribution < -0.4 is 11.1 Å². The van der Waals surface area contributed by atoms with Gasteiger partial charge in [-0.2, -0.15) is 0 Å². The van der Waals surface area contributed by atoms with Crippen molar-refractivity contribution in [2.24, 2.45) is 29.4 Å². The average Bonchev–Trinajstić information content (AvgIpc) is 2.45. The van der Waals surface area contributed by atoms with Crippen molar-refractivity contribution in [1.29, 1.82) is 0 Å². The van der Waals surface area contributed by atoms with Crippen molar-refractivity contribution in [3.8, 4) is 0 Å². The van der Waals surface area contributed by atoms with Crippen LogP contribution in [0, 0.1) is 23.7 Å². The van der Waals surface area contributed by atoms with E-state index in [0.29, 0.717) is 12.5 Å². The summed E-state index contributed by atoms with van der Waals surface area (Å²) in [6, 6.07) is 0. The Labute approximate surface area is 130 Å². The Morgan fingerprint density at radius 3 is 2.48 bits per heavy atom. The number of fused-ring (bicyclic) bond motifs is 1. The number of hydrogen-bond acceptors (Lipinski definition) is 2. The molecule has 0 spiro atoms. The Hall–Kier alpha value is -0.570. The van der Waals surface area contributed by atoms with Gasteiger partial charge in [-0.25, -0.2) is 0 Å². The maximum Gasteiger partial charge on any atom is 0.223 e. The predicted octanol–water partition coefficient (Wildman–Crippen LogP) is 3.47. The van der Waals surface area contributed by atoms with E-state index in [2.05, 4.69) is 26.1 Å². The second-order valence-electron chi connectivity index (χ2n) is 8.17. The number of rotatable bonds is 5.